The van der Waals surface area contributed by atoms with Crippen molar-refractivity contribution in [1.82, 2.24) is 10.2 Å². The van der Waals surface area contributed by atoms with Crippen LogP contribution in [0.15, 0.2) is 48.5 Å². The summed E-state index contributed by atoms with van der Waals surface area (Å²) in [7, 11) is 0. The van der Waals surface area contributed by atoms with E-state index in [1.807, 2.05) is 37.3 Å². The van der Waals surface area contributed by atoms with Crippen LogP contribution in [0.25, 0.3) is 0 Å². The fraction of sp³-hybridized carbons (Fsp3) is 0.391. The molecule has 1 saturated heterocycles. The van der Waals surface area contributed by atoms with Crippen molar-refractivity contribution in [2.75, 3.05) is 31.6 Å². The van der Waals surface area contributed by atoms with E-state index in [0.29, 0.717) is 23.8 Å². The molecule has 1 fully saturated rings. The molecule has 2 aromatic rings. The third-order valence-corrected chi connectivity index (χ3v) is 5.50. The number of carbonyl (C=O) groups is 2. The normalized spacial score (nSPS) is 15.9. The van der Waals surface area contributed by atoms with Crippen LogP contribution in [0.1, 0.15) is 24.0 Å². The van der Waals surface area contributed by atoms with Gasteiger partial charge in [0.25, 0.3) is 0 Å². The summed E-state index contributed by atoms with van der Waals surface area (Å²) in [5.74, 6) is -0.482. The van der Waals surface area contributed by atoms with Gasteiger partial charge in [-0.3, -0.25) is 14.5 Å². The van der Waals surface area contributed by atoms with Crippen molar-refractivity contribution in [3.63, 3.8) is 0 Å². The second-order valence-electron chi connectivity index (χ2n) is 7.53. The van der Waals surface area contributed by atoms with Crippen molar-refractivity contribution in [3.8, 4) is 0 Å². The molecule has 2 aromatic carbocycles. The smallest absolute Gasteiger partial charge is 0.243 e. The third-order valence-electron chi connectivity index (χ3n) is 5.09. The van der Waals surface area contributed by atoms with Crippen molar-refractivity contribution in [2.24, 2.45) is 0 Å². The summed E-state index contributed by atoms with van der Waals surface area (Å²) in [6.45, 7) is 4.07. The molecule has 0 aromatic heterocycles. The molecule has 1 heterocycles. The topological polar surface area (TPSA) is 70.7 Å². The van der Waals surface area contributed by atoms with Gasteiger partial charge in [0, 0.05) is 30.4 Å². The van der Waals surface area contributed by atoms with Crippen LogP contribution >= 0.6 is 11.6 Å². The maximum absolute atomic E-state index is 12.5. The molecular weight excluding hydrogens is 402 g/mol. The molecule has 0 spiro atoms. The highest BCUT2D eigenvalue weighted by Gasteiger charge is 2.21. The number of hydrogen-bond donors (Lipinski definition) is 2. The highest BCUT2D eigenvalue weighted by atomic mass is 35.5. The molecule has 30 heavy (non-hydrogen) atoms. The molecule has 6 nitrogen and oxygen atoms in total. The zero-order valence-corrected chi connectivity index (χ0v) is 18.0. The Kier molecular flexibility index (Phi) is 8.25. The molecule has 3 rings (SSSR count). The first-order valence-electron chi connectivity index (χ1n) is 10.2. The minimum atomic E-state index is -0.289. The number of ether oxygens (including phenoxy) is 1. The van der Waals surface area contributed by atoms with E-state index in [0.717, 1.165) is 30.6 Å². The first-order valence-corrected chi connectivity index (χ1v) is 10.6. The van der Waals surface area contributed by atoms with E-state index in [1.165, 1.54) is 0 Å². The van der Waals surface area contributed by atoms with Crippen LogP contribution in [-0.2, 0) is 20.9 Å². The predicted molar refractivity (Wildman–Crippen MR) is 119 cm³/mol. The minimum Gasteiger partial charge on any atom is -0.377 e. The van der Waals surface area contributed by atoms with Crippen molar-refractivity contribution in [3.05, 3.63) is 64.7 Å². The van der Waals surface area contributed by atoms with E-state index < -0.39 is 0 Å². The summed E-state index contributed by atoms with van der Waals surface area (Å²) in [6.07, 6.45) is 2.21. The average molecular weight is 430 g/mol. The van der Waals surface area contributed by atoms with E-state index in [9.17, 15) is 9.59 Å². The number of halogens is 1. The fourth-order valence-corrected chi connectivity index (χ4v) is 3.65. The molecule has 1 aliphatic rings. The highest BCUT2D eigenvalue weighted by molar-refractivity contribution is 6.31. The average Bonchev–Trinajstić information content (AvgIpc) is 3.24. The van der Waals surface area contributed by atoms with Gasteiger partial charge in [0.2, 0.25) is 11.8 Å². The van der Waals surface area contributed by atoms with E-state index in [4.69, 9.17) is 16.3 Å². The summed E-state index contributed by atoms with van der Waals surface area (Å²) >= 11 is 6.08. The van der Waals surface area contributed by atoms with Gasteiger partial charge < -0.3 is 15.4 Å². The Morgan fingerprint density at radius 2 is 1.93 bits per heavy atom. The van der Waals surface area contributed by atoms with E-state index in [-0.39, 0.29) is 31.0 Å². The standard InChI is InChI=1S/C23H28ClN3O3/c1-17-20(24)10-5-11-21(17)26-22(28)13-25-23(29)16-27(15-19-9-6-12-30-19)14-18-7-3-2-4-8-18/h2-5,7-8,10-11,19H,6,9,12-16H2,1H3,(H,25,29)(H,26,28). The second-order valence-corrected chi connectivity index (χ2v) is 7.93. The van der Waals surface area contributed by atoms with Gasteiger partial charge in [-0.05, 0) is 43.0 Å². The van der Waals surface area contributed by atoms with Crippen molar-refractivity contribution in [1.29, 1.82) is 0 Å². The number of hydrogen-bond acceptors (Lipinski definition) is 4. The molecule has 7 heteroatoms. The zero-order valence-electron chi connectivity index (χ0n) is 17.2. The molecule has 0 aliphatic carbocycles. The third kappa shape index (κ3) is 6.83. The first kappa shape index (κ1) is 22.3. The van der Waals surface area contributed by atoms with Gasteiger partial charge >= 0.3 is 0 Å². The largest absolute Gasteiger partial charge is 0.377 e. The molecule has 1 atom stereocenters. The molecule has 1 aliphatic heterocycles. The lowest BCUT2D eigenvalue weighted by Gasteiger charge is -2.24. The van der Waals surface area contributed by atoms with Crippen LogP contribution in [0.2, 0.25) is 5.02 Å². The number of anilines is 1. The van der Waals surface area contributed by atoms with Gasteiger partial charge in [-0.25, -0.2) is 0 Å². The Balaban J connectivity index is 1.51. The van der Waals surface area contributed by atoms with Crippen LogP contribution in [0.4, 0.5) is 5.69 Å². The summed E-state index contributed by atoms with van der Waals surface area (Å²) in [5.41, 5.74) is 2.58. The van der Waals surface area contributed by atoms with Gasteiger partial charge in [-0.2, -0.15) is 0 Å². The lowest BCUT2D eigenvalue weighted by atomic mass is 10.2. The Morgan fingerprint density at radius 1 is 1.13 bits per heavy atom. The van der Waals surface area contributed by atoms with Gasteiger partial charge in [0.15, 0.2) is 0 Å². The van der Waals surface area contributed by atoms with E-state index in [1.54, 1.807) is 18.2 Å². The lowest BCUT2D eigenvalue weighted by Crippen LogP contribution is -2.42. The Bertz CT molecular complexity index is 854. The summed E-state index contributed by atoms with van der Waals surface area (Å²) in [6, 6.07) is 15.4. The number of amides is 2. The molecular formula is C23H28ClN3O3. The first-order chi connectivity index (χ1) is 14.5. The number of carbonyl (C=O) groups excluding carboxylic acids is 2. The van der Waals surface area contributed by atoms with Crippen LogP contribution in [0.5, 0.6) is 0 Å². The second kappa shape index (κ2) is 11.1. The Hall–Kier alpha value is -2.41. The number of nitrogens with zero attached hydrogens (tertiary/aromatic N) is 1. The summed E-state index contributed by atoms with van der Waals surface area (Å²) in [4.78, 5) is 26.8. The van der Waals surface area contributed by atoms with Crippen molar-refractivity contribution < 1.29 is 14.3 Å². The van der Waals surface area contributed by atoms with Crippen LogP contribution < -0.4 is 10.6 Å². The molecule has 2 N–H and O–H groups in total. The Morgan fingerprint density at radius 3 is 2.67 bits per heavy atom. The maximum atomic E-state index is 12.5. The highest BCUT2D eigenvalue weighted by Crippen LogP contribution is 2.22. The maximum Gasteiger partial charge on any atom is 0.243 e. The van der Waals surface area contributed by atoms with Gasteiger partial charge in [-0.15, -0.1) is 0 Å². The predicted octanol–water partition coefficient (Wildman–Crippen LogP) is 3.38. The molecule has 0 saturated carbocycles. The van der Waals surface area contributed by atoms with Crippen LogP contribution in [0, 0.1) is 6.92 Å². The van der Waals surface area contributed by atoms with E-state index in [2.05, 4.69) is 15.5 Å². The van der Waals surface area contributed by atoms with Crippen LogP contribution in [-0.4, -0.2) is 49.1 Å². The summed E-state index contributed by atoms with van der Waals surface area (Å²) < 4.78 is 5.74. The zero-order chi connectivity index (χ0) is 21.3. The van der Waals surface area contributed by atoms with Crippen LogP contribution in [0.3, 0.4) is 0 Å². The number of rotatable bonds is 9. The molecule has 160 valence electrons. The molecule has 2 amide bonds. The van der Waals surface area contributed by atoms with Gasteiger partial charge in [0.1, 0.15) is 0 Å². The van der Waals surface area contributed by atoms with Crippen molar-refractivity contribution >= 4 is 29.1 Å². The van der Waals surface area contributed by atoms with Crippen molar-refractivity contribution in [2.45, 2.75) is 32.4 Å². The molecule has 1 unspecified atom stereocenters. The van der Waals surface area contributed by atoms with Gasteiger partial charge in [-0.1, -0.05) is 48.0 Å². The monoisotopic (exact) mass is 429 g/mol. The number of nitrogens with one attached hydrogen (secondary N) is 2. The van der Waals surface area contributed by atoms with Gasteiger partial charge in [0.05, 0.1) is 19.2 Å². The quantitative estimate of drug-likeness (QED) is 0.641. The Labute approximate surface area is 182 Å². The molecule has 0 radical (unpaired) electrons. The molecule has 0 bridgehead atoms. The SMILES string of the molecule is Cc1c(Cl)cccc1NC(=O)CNC(=O)CN(Cc1ccccc1)CC1CCCO1. The minimum absolute atomic E-state index is 0.0934. The summed E-state index contributed by atoms with van der Waals surface area (Å²) in [5, 5.41) is 6.08. The lowest BCUT2D eigenvalue weighted by molar-refractivity contribution is -0.125. The van der Waals surface area contributed by atoms with E-state index >= 15 is 0 Å². The number of benzene rings is 2. The fourth-order valence-electron chi connectivity index (χ4n) is 3.48.